The first-order chi connectivity index (χ1) is 6.61. The molecule has 0 aliphatic heterocycles. The van der Waals surface area contributed by atoms with Crippen LogP contribution in [0.5, 0.6) is 0 Å². The summed E-state index contributed by atoms with van der Waals surface area (Å²) in [4.78, 5) is 2.45. The van der Waals surface area contributed by atoms with E-state index in [2.05, 4.69) is 18.7 Å². The highest BCUT2D eigenvalue weighted by Gasteiger charge is 2.40. The van der Waals surface area contributed by atoms with E-state index in [9.17, 15) is 0 Å². The Hall–Kier alpha value is -0.120. The van der Waals surface area contributed by atoms with Gasteiger partial charge in [0.25, 0.3) is 0 Å². The Labute approximate surface area is 87.6 Å². The largest absolute Gasteiger partial charge is 0.383 e. The smallest absolute Gasteiger partial charge is 0.0589 e. The normalized spacial score (nSPS) is 21.2. The van der Waals surface area contributed by atoms with Crippen molar-refractivity contribution >= 4 is 0 Å². The fourth-order valence-corrected chi connectivity index (χ4v) is 1.65. The van der Waals surface area contributed by atoms with Crippen LogP contribution in [0, 0.1) is 0 Å². The van der Waals surface area contributed by atoms with Crippen molar-refractivity contribution in [2.45, 2.75) is 44.7 Å². The molecule has 14 heavy (non-hydrogen) atoms. The number of hydrogen-bond acceptors (Lipinski definition) is 3. The predicted octanol–water partition coefficient (Wildman–Crippen LogP) is 1.22. The molecule has 0 heterocycles. The second-order valence-electron chi connectivity index (χ2n) is 4.58. The molecule has 1 unspecified atom stereocenters. The zero-order chi connectivity index (χ0) is 10.6. The molecule has 84 valence electrons. The van der Waals surface area contributed by atoms with E-state index in [0.29, 0.717) is 6.04 Å². The molecule has 1 aliphatic rings. The van der Waals surface area contributed by atoms with E-state index in [-0.39, 0.29) is 5.54 Å². The quantitative estimate of drug-likeness (QED) is 0.671. The van der Waals surface area contributed by atoms with Gasteiger partial charge in [0.1, 0.15) is 0 Å². The third kappa shape index (κ3) is 3.56. The highest BCUT2D eigenvalue weighted by Crippen LogP contribution is 2.33. The Morgan fingerprint density at radius 1 is 1.50 bits per heavy atom. The van der Waals surface area contributed by atoms with Crippen LogP contribution in [0.1, 0.15) is 33.1 Å². The Kier molecular flexibility index (Phi) is 4.35. The second-order valence-corrected chi connectivity index (χ2v) is 4.58. The number of rotatable bonds is 7. The fraction of sp³-hybridized carbons (Fsp3) is 1.00. The van der Waals surface area contributed by atoms with Crippen molar-refractivity contribution in [2.24, 2.45) is 5.73 Å². The topological polar surface area (TPSA) is 38.5 Å². The van der Waals surface area contributed by atoms with Gasteiger partial charge in [0.2, 0.25) is 0 Å². The maximum Gasteiger partial charge on any atom is 0.0589 e. The lowest BCUT2D eigenvalue weighted by atomic mass is 10.1. The van der Waals surface area contributed by atoms with E-state index in [1.165, 1.54) is 19.3 Å². The van der Waals surface area contributed by atoms with Gasteiger partial charge in [-0.3, -0.25) is 4.90 Å². The summed E-state index contributed by atoms with van der Waals surface area (Å²) in [6.07, 6.45) is 3.56. The molecule has 1 rings (SSSR count). The summed E-state index contributed by atoms with van der Waals surface area (Å²) in [5.74, 6) is 0. The zero-order valence-corrected chi connectivity index (χ0v) is 9.75. The zero-order valence-electron chi connectivity index (χ0n) is 9.75. The second kappa shape index (κ2) is 5.10. The molecule has 0 aromatic rings. The monoisotopic (exact) mass is 200 g/mol. The molecule has 0 radical (unpaired) electrons. The molecule has 3 heteroatoms. The highest BCUT2D eigenvalue weighted by atomic mass is 16.5. The molecule has 0 aromatic carbocycles. The van der Waals surface area contributed by atoms with Gasteiger partial charge in [0, 0.05) is 31.8 Å². The van der Waals surface area contributed by atoms with Gasteiger partial charge in [-0.1, -0.05) is 6.92 Å². The van der Waals surface area contributed by atoms with E-state index in [1.807, 2.05) is 0 Å². The van der Waals surface area contributed by atoms with Crippen molar-refractivity contribution in [3.05, 3.63) is 0 Å². The van der Waals surface area contributed by atoms with Gasteiger partial charge in [-0.05, 0) is 26.2 Å². The van der Waals surface area contributed by atoms with Gasteiger partial charge in [0.05, 0.1) is 6.61 Å². The maximum atomic E-state index is 6.13. The van der Waals surface area contributed by atoms with Gasteiger partial charge in [0.15, 0.2) is 0 Å². The first kappa shape index (κ1) is 12.0. The molecule has 3 nitrogen and oxygen atoms in total. The third-order valence-corrected chi connectivity index (χ3v) is 3.21. The highest BCUT2D eigenvalue weighted by molar-refractivity contribution is 5.01. The maximum absolute atomic E-state index is 6.13. The minimum Gasteiger partial charge on any atom is -0.383 e. The fourth-order valence-electron chi connectivity index (χ4n) is 1.65. The van der Waals surface area contributed by atoms with Crippen molar-refractivity contribution in [2.75, 3.05) is 26.8 Å². The van der Waals surface area contributed by atoms with Crippen LogP contribution in [-0.2, 0) is 4.74 Å². The minimum atomic E-state index is 0.122. The average Bonchev–Trinajstić information content (AvgIpc) is 2.90. The molecule has 0 spiro atoms. The summed E-state index contributed by atoms with van der Waals surface area (Å²) in [6, 6.07) is 0.617. The summed E-state index contributed by atoms with van der Waals surface area (Å²) >= 11 is 0. The first-order valence-corrected chi connectivity index (χ1v) is 5.63. The van der Waals surface area contributed by atoms with Gasteiger partial charge >= 0.3 is 0 Å². The predicted molar refractivity (Wildman–Crippen MR) is 59.4 cm³/mol. The lowest BCUT2D eigenvalue weighted by molar-refractivity contribution is 0.116. The summed E-state index contributed by atoms with van der Waals surface area (Å²) in [6.45, 7) is 7.33. The molecule has 2 N–H and O–H groups in total. The molecule has 0 amide bonds. The van der Waals surface area contributed by atoms with Crippen molar-refractivity contribution in [3.8, 4) is 0 Å². The van der Waals surface area contributed by atoms with Crippen molar-refractivity contribution in [3.63, 3.8) is 0 Å². The van der Waals surface area contributed by atoms with Crippen LogP contribution in [-0.4, -0.2) is 43.3 Å². The summed E-state index contributed by atoms with van der Waals surface area (Å²) in [5, 5.41) is 0. The number of ether oxygens (including phenoxy) is 1. The number of nitrogens with two attached hydrogens (primary N) is 1. The SMILES string of the molecule is CCC(C)N(CCOC)CC1(N)CC1. The first-order valence-electron chi connectivity index (χ1n) is 5.63. The van der Waals surface area contributed by atoms with E-state index in [0.717, 1.165) is 19.7 Å². The number of nitrogens with zero attached hydrogens (tertiary/aromatic N) is 1. The van der Waals surface area contributed by atoms with Crippen molar-refractivity contribution in [1.82, 2.24) is 4.90 Å². The lowest BCUT2D eigenvalue weighted by Gasteiger charge is -2.30. The average molecular weight is 200 g/mol. The molecule has 0 aromatic heterocycles. The molecule has 1 fully saturated rings. The van der Waals surface area contributed by atoms with Crippen LogP contribution >= 0.6 is 0 Å². The lowest BCUT2D eigenvalue weighted by Crippen LogP contribution is -2.45. The molecule has 0 bridgehead atoms. The molecule has 0 saturated heterocycles. The van der Waals surface area contributed by atoms with Crippen LogP contribution in [0.4, 0.5) is 0 Å². The molecule has 1 atom stereocenters. The Morgan fingerprint density at radius 3 is 2.57 bits per heavy atom. The van der Waals surface area contributed by atoms with Gasteiger partial charge in [-0.25, -0.2) is 0 Å². The molecule has 1 aliphatic carbocycles. The Bertz CT molecular complexity index is 169. The Balaban J connectivity index is 2.35. The molecular formula is C11H24N2O. The van der Waals surface area contributed by atoms with Crippen LogP contribution in [0.15, 0.2) is 0 Å². The van der Waals surface area contributed by atoms with Gasteiger partial charge < -0.3 is 10.5 Å². The Morgan fingerprint density at radius 2 is 2.14 bits per heavy atom. The van der Waals surface area contributed by atoms with Gasteiger partial charge in [-0.2, -0.15) is 0 Å². The number of methoxy groups -OCH3 is 1. The standard InChI is InChI=1S/C11H24N2O/c1-4-10(2)13(7-8-14-3)9-11(12)5-6-11/h10H,4-9,12H2,1-3H3. The summed E-state index contributed by atoms with van der Waals surface area (Å²) < 4.78 is 5.12. The summed E-state index contributed by atoms with van der Waals surface area (Å²) in [7, 11) is 1.75. The van der Waals surface area contributed by atoms with Crippen LogP contribution in [0.25, 0.3) is 0 Å². The van der Waals surface area contributed by atoms with Gasteiger partial charge in [-0.15, -0.1) is 0 Å². The van der Waals surface area contributed by atoms with E-state index in [4.69, 9.17) is 10.5 Å². The molecular weight excluding hydrogens is 176 g/mol. The van der Waals surface area contributed by atoms with Crippen LogP contribution in [0.2, 0.25) is 0 Å². The van der Waals surface area contributed by atoms with Crippen LogP contribution in [0.3, 0.4) is 0 Å². The van der Waals surface area contributed by atoms with E-state index >= 15 is 0 Å². The third-order valence-electron chi connectivity index (χ3n) is 3.21. The van der Waals surface area contributed by atoms with E-state index in [1.54, 1.807) is 7.11 Å². The molecule has 1 saturated carbocycles. The van der Waals surface area contributed by atoms with Crippen LogP contribution < -0.4 is 5.73 Å². The van der Waals surface area contributed by atoms with E-state index < -0.39 is 0 Å². The van der Waals surface area contributed by atoms with Crippen molar-refractivity contribution in [1.29, 1.82) is 0 Å². The van der Waals surface area contributed by atoms with Crippen molar-refractivity contribution < 1.29 is 4.74 Å². The number of hydrogen-bond donors (Lipinski definition) is 1. The minimum absolute atomic E-state index is 0.122. The summed E-state index contributed by atoms with van der Waals surface area (Å²) in [5.41, 5.74) is 6.25.